The van der Waals surface area contributed by atoms with Gasteiger partial charge < -0.3 is 4.74 Å². The van der Waals surface area contributed by atoms with Gasteiger partial charge in [-0.15, -0.1) is 21.5 Å². The van der Waals surface area contributed by atoms with Gasteiger partial charge in [-0.1, -0.05) is 0 Å². The van der Waals surface area contributed by atoms with Crippen LogP contribution in [-0.2, 0) is 4.74 Å². The van der Waals surface area contributed by atoms with E-state index in [1.165, 1.54) is 7.11 Å². The number of methoxy groups -OCH3 is 1. The molecule has 0 amide bonds. The molecule has 3 heterocycles. The van der Waals surface area contributed by atoms with Crippen LogP contribution in [0.2, 0.25) is 0 Å². The van der Waals surface area contributed by atoms with Crippen LogP contribution in [0, 0.1) is 6.92 Å². The van der Waals surface area contributed by atoms with Crippen LogP contribution in [0.4, 0.5) is 0 Å². The standard InChI is InChI=1S/C12H10N4O2S/c1-7-13-9(6-19-7)11-15-14-10-4-3-8(5-16(10)11)12(17)18-2/h3-6H,1-2H3. The lowest BCUT2D eigenvalue weighted by molar-refractivity contribution is 0.0600. The summed E-state index contributed by atoms with van der Waals surface area (Å²) in [5, 5.41) is 11.0. The molecule has 0 aromatic carbocycles. The van der Waals surface area contributed by atoms with E-state index in [1.54, 1.807) is 34.1 Å². The molecule has 0 saturated carbocycles. The van der Waals surface area contributed by atoms with Crippen LogP contribution in [0.1, 0.15) is 15.4 Å². The first kappa shape index (κ1) is 11.8. The predicted octanol–water partition coefficient (Wildman–Crippen LogP) is 1.95. The quantitative estimate of drug-likeness (QED) is 0.668. The highest BCUT2D eigenvalue weighted by Gasteiger charge is 2.13. The van der Waals surface area contributed by atoms with Crippen molar-refractivity contribution in [2.24, 2.45) is 0 Å². The Morgan fingerprint density at radius 3 is 2.89 bits per heavy atom. The number of hydrogen-bond donors (Lipinski definition) is 0. The lowest BCUT2D eigenvalue weighted by Gasteiger charge is -2.01. The van der Waals surface area contributed by atoms with Gasteiger partial charge in [0.15, 0.2) is 11.5 Å². The second kappa shape index (κ2) is 4.43. The second-order valence-electron chi connectivity index (χ2n) is 3.91. The molecule has 0 spiro atoms. The van der Waals surface area contributed by atoms with E-state index in [-0.39, 0.29) is 0 Å². The summed E-state index contributed by atoms with van der Waals surface area (Å²) in [6.07, 6.45) is 1.66. The van der Waals surface area contributed by atoms with Crippen molar-refractivity contribution in [2.45, 2.75) is 6.92 Å². The van der Waals surface area contributed by atoms with Gasteiger partial charge in [-0.05, 0) is 19.1 Å². The van der Waals surface area contributed by atoms with Gasteiger partial charge >= 0.3 is 5.97 Å². The summed E-state index contributed by atoms with van der Waals surface area (Å²) in [6, 6.07) is 3.38. The Hall–Kier alpha value is -2.28. The molecule has 0 N–H and O–H groups in total. The Bertz CT molecular complexity index is 762. The van der Waals surface area contributed by atoms with Crippen molar-refractivity contribution in [2.75, 3.05) is 7.11 Å². The van der Waals surface area contributed by atoms with Gasteiger partial charge in [-0.3, -0.25) is 4.40 Å². The van der Waals surface area contributed by atoms with Crippen LogP contribution in [-0.4, -0.2) is 32.7 Å². The number of pyridine rings is 1. The smallest absolute Gasteiger partial charge is 0.339 e. The summed E-state index contributed by atoms with van der Waals surface area (Å²) in [4.78, 5) is 15.9. The molecule has 3 aromatic heterocycles. The highest BCUT2D eigenvalue weighted by atomic mass is 32.1. The lowest BCUT2D eigenvalue weighted by atomic mass is 10.3. The minimum absolute atomic E-state index is 0.393. The molecule has 0 aliphatic heterocycles. The van der Waals surface area contributed by atoms with Crippen LogP contribution in [0.15, 0.2) is 23.7 Å². The molecule has 0 saturated heterocycles. The minimum atomic E-state index is -0.393. The van der Waals surface area contributed by atoms with E-state index in [1.807, 2.05) is 12.3 Å². The maximum absolute atomic E-state index is 11.5. The third-order valence-corrected chi connectivity index (χ3v) is 3.45. The SMILES string of the molecule is COC(=O)c1ccc2nnc(-c3csc(C)n3)n2c1. The first-order valence-corrected chi connectivity index (χ1v) is 6.42. The van der Waals surface area contributed by atoms with Crippen LogP contribution < -0.4 is 0 Å². The number of carbonyl (C=O) groups excluding carboxylic acids is 1. The number of aromatic nitrogens is 4. The Labute approximate surface area is 112 Å². The molecule has 0 unspecified atom stereocenters. The van der Waals surface area contributed by atoms with Crippen molar-refractivity contribution in [3.8, 4) is 11.5 Å². The summed E-state index contributed by atoms with van der Waals surface area (Å²) in [7, 11) is 1.35. The van der Waals surface area contributed by atoms with E-state index < -0.39 is 5.97 Å². The Morgan fingerprint density at radius 1 is 1.37 bits per heavy atom. The number of nitrogens with zero attached hydrogens (tertiary/aromatic N) is 4. The maximum Gasteiger partial charge on any atom is 0.339 e. The molecule has 3 aromatic rings. The first-order valence-electron chi connectivity index (χ1n) is 5.54. The lowest BCUT2D eigenvalue weighted by Crippen LogP contribution is -2.03. The van der Waals surface area contributed by atoms with E-state index in [4.69, 9.17) is 4.74 Å². The van der Waals surface area contributed by atoms with E-state index in [9.17, 15) is 4.79 Å². The number of aryl methyl sites for hydroxylation is 1. The Morgan fingerprint density at radius 2 is 2.21 bits per heavy atom. The van der Waals surface area contributed by atoms with Crippen molar-refractivity contribution in [3.63, 3.8) is 0 Å². The normalized spacial score (nSPS) is 10.8. The molecule has 6 nitrogen and oxygen atoms in total. The number of carbonyl (C=O) groups is 1. The summed E-state index contributed by atoms with van der Waals surface area (Å²) >= 11 is 1.54. The number of ether oxygens (including phenoxy) is 1. The number of fused-ring (bicyclic) bond motifs is 1. The highest BCUT2D eigenvalue weighted by Crippen LogP contribution is 2.21. The van der Waals surface area contributed by atoms with Crippen molar-refractivity contribution < 1.29 is 9.53 Å². The molecule has 19 heavy (non-hydrogen) atoms. The largest absolute Gasteiger partial charge is 0.465 e. The number of rotatable bonds is 2. The van der Waals surface area contributed by atoms with Crippen LogP contribution in [0.3, 0.4) is 0 Å². The van der Waals surface area contributed by atoms with Gasteiger partial charge in [-0.25, -0.2) is 9.78 Å². The fraction of sp³-hybridized carbons (Fsp3) is 0.167. The molecule has 3 rings (SSSR count). The molecule has 0 bridgehead atoms. The van der Waals surface area contributed by atoms with Gasteiger partial charge in [0.2, 0.25) is 0 Å². The summed E-state index contributed by atoms with van der Waals surface area (Å²) in [6.45, 7) is 1.93. The van der Waals surface area contributed by atoms with Gasteiger partial charge in [0.1, 0.15) is 5.69 Å². The third kappa shape index (κ3) is 1.97. The second-order valence-corrected chi connectivity index (χ2v) is 4.98. The zero-order valence-electron chi connectivity index (χ0n) is 10.3. The van der Waals surface area contributed by atoms with Crippen LogP contribution in [0.5, 0.6) is 0 Å². The molecule has 0 radical (unpaired) electrons. The van der Waals surface area contributed by atoms with Gasteiger partial charge in [-0.2, -0.15) is 0 Å². The molecule has 0 atom stereocenters. The summed E-state index contributed by atoms with van der Waals surface area (Å²) in [5.74, 6) is 0.223. The number of esters is 1. The monoisotopic (exact) mass is 274 g/mol. The highest BCUT2D eigenvalue weighted by molar-refractivity contribution is 7.09. The molecule has 0 aliphatic carbocycles. The van der Waals surface area contributed by atoms with Crippen molar-refractivity contribution in [1.82, 2.24) is 19.6 Å². The summed E-state index contributed by atoms with van der Waals surface area (Å²) in [5.41, 5.74) is 1.85. The maximum atomic E-state index is 11.5. The molecular weight excluding hydrogens is 264 g/mol. The molecule has 0 fully saturated rings. The molecule has 96 valence electrons. The third-order valence-electron chi connectivity index (χ3n) is 2.67. The average molecular weight is 274 g/mol. The fourth-order valence-corrected chi connectivity index (χ4v) is 2.36. The van der Waals surface area contributed by atoms with Crippen molar-refractivity contribution in [3.05, 3.63) is 34.3 Å². The van der Waals surface area contributed by atoms with Gasteiger partial charge in [0, 0.05) is 11.6 Å². The van der Waals surface area contributed by atoms with Crippen molar-refractivity contribution in [1.29, 1.82) is 0 Å². The van der Waals surface area contributed by atoms with E-state index in [0.717, 1.165) is 10.7 Å². The number of thiazole rings is 1. The van der Waals surface area contributed by atoms with E-state index >= 15 is 0 Å². The topological polar surface area (TPSA) is 69.4 Å². The minimum Gasteiger partial charge on any atom is -0.465 e. The Balaban J connectivity index is 2.18. The number of hydrogen-bond acceptors (Lipinski definition) is 6. The zero-order valence-corrected chi connectivity index (χ0v) is 11.1. The zero-order chi connectivity index (χ0) is 13.4. The van der Waals surface area contributed by atoms with E-state index in [0.29, 0.717) is 17.0 Å². The van der Waals surface area contributed by atoms with Gasteiger partial charge in [0.25, 0.3) is 0 Å². The Kier molecular flexibility index (Phi) is 2.75. The van der Waals surface area contributed by atoms with E-state index in [2.05, 4.69) is 15.2 Å². The summed E-state index contributed by atoms with van der Waals surface area (Å²) < 4.78 is 6.44. The molecule has 0 aliphatic rings. The van der Waals surface area contributed by atoms with Crippen LogP contribution >= 0.6 is 11.3 Å². The molecule has 7 heteroatoms. The fourth-order valence-electron chi connectivity index (χ4n) is 1.77. The predicted molar refractivity (Wildman–Crippen MR) is 70.2 cm³/mol. The molecular formula is C12H10N4O2S. The van der Waals surface area contributed by atoms with Crippen molar-refractivity contribution >= 4 is 23.0 Å². The first-order chi connectivity index (χ1) is 9.19. The van der Waals surface area contributed by atoms with Crippen LogP contribution in [0.25, 0.3) is 17.2 Å². The van der Waals surface area contributed by atoms with Gasteiger partial charge in [0.05, 0.1) is 17.7 Å². The average Bonchev–Trinajstić information content (AvgIpc) is 3.02.